The molecule has 2 atom stereocenters. The molecule has 4 nitrogen and oxygen atoms in total. The molecular formula is C14H15F2NO3. The smallest absolute Gasteiger partial charge is 0.307 e. The Morgan fingerprint density at radius 2 is 1.90 bits per heavy atom. The second-order valence-electron chi connectivity index (χ2n) is 5.02. The fourth-order valence-electron chi connectivity index (χ4n) is 2.56. The van der Waals surface area contributed by atoms with Gasteiger partial charge >= 0.3 is 5.97 Å². The van der Waals surface area contributed by atoms with Gasteiger partial charge in [0.1, 0.15) is 11.5 Å². The van der Waals surface area contributed by atoms with E-state index >= 15 is 0 Å². The quantitative estimate of drug-likeness (QED) is 0.896. The van der Waals surface area contributed by atoms with E-state index in [0.29, 0.717) is 19.3 Å². The second-order valence-corrected chi connectivity index (χ2v) is 5.02. The number of nitrogens with one attached hydrogen (secondary N) is 1. The molecule has 2 rings (SSSR count). The molecule has 0 aliphatic heterocycles. The molecule has 20 heavy (non-hydrogen) atoms. The van der Waals surface area contributed by atoms with Crippen LogP contribution in [0.15, 0.2) is 12.1 Å². The summed E-state index contributed by atoms with van der Waals surface area (Å²) in [5, 5.41) is 11.2. The van der Waals surface area contributed by atoms with E-state index in [1.54, 1.807) is 0 Å². The van der Waals surface area contributed by atoms with Gasteiger partial charge in [0, 0.05) is 0 Å². The van der Waals surface area contributed by atoms with Crippen LogP contribution in [0.2, 0.25) is 0 Å². The Morgan fingerprint density at radius 3 is 2.55 bits per heavy atom. The number of carbonyl (C=O) groups excluding carboxylic acids is 1. The summed E-state index contributed by atoms with van der Waals surface area (Å²) in [6, 6.07) is 2.34. The van der Waals surface area contributed by atoms with Gasteiger partial charge in [-0.25, -0.2) is 8.78 Å². The molecule has 1 aliphatic rings. The minimum absolute atomic E-state index is 0.211. The maximum Gasteiger partial charge on any atom is 0.307 e. The molecule has 0 bridgehead atoms. The van der Waals surface area contributed by atoms with Crippen LogP contribution in [0, 0.1) is 30.4 Å². The van der Waals surface area contributed by atoms with Gasteiger partial charge in [-0.2, -0.15) is 0 Å². The maximum atomic E-state index is 13.8. The topological polar surface area (TPSA) is 66.4 Å². The van der Waals surface area contributed by atoms with Crippen LogP contribution in [0.4, 0.5) is 14.5 Å². The average Bonchev–Trinajstić information content (AvgIpc) is 2.88. The van der Waals surface area contributed by atoms with E-state index in [2.05, 4.69) is 5.32 Å². The summed E-state index contributed by atoms with van der Waals surface area (Å²) in [6.45, 7) is 1.46. The standard InChI is InChI=1S/C14H15F2NO3/c1-7-5-6-10(15)12(11(7)16)17-13(18)8-3-2-4-9(8)14(19)20/h5-6,8-9H,2-4H2,1H3,(H,17,18)(H,19,20)/t8-,9+/m1/s1. The molecule has 0 radical (unpaired) electrons. The third-order valence-electron chi connectivity index (χ3n) is 3.70. The predicted molar refractivity (Wildman–Crippen MR) is 68.2 cm³/mol. The van der Waals surface area contributed by atoms with Crippen LogP contribution < -0.4 is 5.32 Å². The predicted octanol–water partition coefficient (Wildman–Crippen LogP) is 2.71. The van der Waals surface area contributed by atoms with Crippen molar-refractivity contribution < 1.29 is 23.5 Å². The van der Waals surface area contributed by atoms with Crippen molar-refractivity contribution in [3.63, 3.8) is 0 Å². The van der Waals surface area contributed by atoms with E-state index in [4.69, 9.17) is 5.11 Å². The lowest BCUT2D eigenvalue weighted by molar-refractivity contribution is -0.145. The highest BCUT2D eigenvalue weighted by atomic mass is 19.1. The maximum absolute atomic E-state index is 13.8. The van der Waals surface area contributed by atoms with Gasteiger partial charge in [0.25, 0.3) is 0 Å². The normalized spacial score (nSPS) is 21.8. The van der Waals surface area contributed by atoms with Gasteiger partial charge in [-0.05, 0) is 31.4 Å². The number of hydrogen-bond donors (Lipinski definition) is 2. The molecule has 0 aromatic heterocycles. The van der Waals surface area contributed by atoms with E-state index in [-0.39, 0.29) is 5.56 Å². The van der Waals surface area contributed by atoms with Gasteiger partial charge < -0.3 is 10.4 Å². The number of carboxylic acids is 1. The minimum Gasteiger partial charge on any atom is -0.481 e. The zero-order chi connectivity index (χ0) is 14.9. The van der Waals surface area contributed by atoms with Crippen LogP contribution in [0.1, 0.15) is 24.8 Å². The van der Waals surface area contributed by atoms with Gasteiger partial charge in [-0.15, -0.1) is 0 Å². The van der Waals surface area contributed by atoms with Crippen LogP contribution in [-0.4, -0.2) is 17.0 Å². The molecule has 0 unspecified atom stereocenters. The molecule has 0 spiro atoms. The number of anilines is 1. The first-order valence-electron chi connectivity index (χ1n) is 6.40. The third kappa shape index (κ3) is 2.64. The summed E-state index contributed by atoms with van der Waals surface area (Å²) in [5.74, 6) is -4.92. The van der Waals surface area contributed by atoms with Crippen molar-refractivity contribution in [1.82, 2.24) is 0 Å². The van der Waals surface area contributed by atoms with Crippen molar-refractivity contribution in [1.29, 1.82) is 0 Å². The number of aryl methyl sites for hydroxylation is 1. The number of halogens is 2. The zero-order valence-corrected chi connectivity index (χ0v) is 11.0. The molecule has 1 fully saturated rings. The molecule has 1 aromatic rings. The Kier molecular flexibility index (Phi) is 4.01. The Labute approximate surface area is 114 Å². The van der Waals surface area contributed by atoms with Gasteiger partial charge in [-0.3, -0.25) is 9.59 Å². The van der Waals surface area contributed by atoms with Crippen molar-refractivity contribution in [3.05, 3.63) is 29.3 Å². The lowest BCUT2D eigenvalue weighted by Gasteiger charge is -2.16. The summed E-state index contributed by atoms with van der Waals surface area (Å²) >= 11 is 0. The van der Waals surface area contributed by atoms with E-state index in [9.17, 15) is 18.4 Å². The largest absolute Gasteiger partial charge is 0.481 e. The number of benzene rings is 1. The number of aliphatic carboxylic acids is 1. The number of carboxylic acid groups (broad SMARTS) is 1. The summed E-state index contributed by atoms with van der Waals surface area (Å²) < 4.78 is 27.4. The van der Waals surface area contributed by atoms with Crippen molar-refractivity contribution in [2.24, 2.45) is 11.8 Å². The van der Waals surface area contributed by atoms with Crippen LogP contribution in [0.25, 0.3) is 0 Å². The first kappa shape index (κ1) is 14.4. The molecule has 1 amide bonds. The van der Waals surface area contributed by atoms with E-state index in [0.717, 1.165) is 6.07 Å². The zero-order valence-electron chi connectivity index (χ0n) is 11.0. The lowest BCUT2D eigenvalue weighted by Crippen LogP contribution is -2.30. The highest BCUT2D eigenvalue weighted by molar-refractivity contribution is 5.95. The molecule has 6 heteroatoms. The molecule has 108 valence electrons. The molecular weight excluding hydrogens is 268 g/mol. The van der Waals surface area contributed by atoms with Crippen molar-refractivity contribution in [2.45, 2.75) is 26.2 Å². The van der Waals surface area contributed by atoms with Gasteiger partial charge in [0.2, 0.25) is 5.91 Å². The number of amides is 1. The van der Waals surface area contributed by atoms with E-state index in [1.807, 2.05) is 0 Å². The molecule has 1 aromatic carbocycles. The van der Waals surface area contributed by atoms with Crippen LogP contribution in [-0.2, 0) is 9.59 Å². The third-order valence-corrected chi connectivity index (χ3v) is 3.70. The summed E-state index contributed by atoms with van der Waals surface area (Å²) in [5.41, 5.74) is -0.297. The summed E-state index contributed by atoms with van der Waals surface area (Å²) in [7, 11) is 0. The highest BCUT2D eigenvalue weighted by Gasteiger charge is 2.38. The number of hydrogen-bond acceptors (Lipinski definition) is 2. The van der Waals surface area contributed by atoms with Crippen LogP contribution in [0.5, 0.6) is 0 Å². The Hall–Kier alpha value is -1.98. The highest BCUT2D eigenvalue weighted by Crippen LogP contribution is 2.33. The monoisotopic (exact) mass is 283 g/mol. The van der Waals surface area contributed by atoms with Crippen molar-refractivity contribution in [2.75, 3.05) is 5.32 Å². The number of rotatable bonds is 3. The fraction of sp³-hybridized carbons (Fsp3) is 0.429. The first-order valence-corrected chi connectivity index (χ1v) is 6.40. The first-order chi connectivity index (χ1) is 9.41. The average molecular weight is 283 g/mol. The molecule has 1 saturated carbocycles. The SMILES string of the molecule is Cc1ccc(F)c(NC(=O)[C@@H]2CCC[C@@H]2C(=O)O)c1F. The summed E-state index contributed by atoms with van der Waals surface area (Å²) in [6.07, 6.45) is 1.44. The molecule has 0 saturated heterocycles. The van der Waals surface area contributed by atoms with Crippen LogP contribution >= 0.6 is 0 Å². The number of carbonyl (C=O) groups is 2. The van der Waals surface area contributed by atoms with Gasteiger partial charge in [0.05, 0.1) is 11.8 Å². The minimum atomic E-state index is -1.05. The fourth-order valence-corrected chi connectivity index (χ4v) is 2.56. The Bertz CT molecular complexity index is 560. The Balaban J connectivity index is 2.20. The molecule has 1 aliphatic carbocycles. The Morgan fingerprint density at radius 1 is 1.25 bits per heavy atom. The van der Waals surface area contributed by atoms with Gasteiger partial charge in [-0.1, -0.05) is 12.5 Å². The lowest BCUT2D eigenvalue weighted by atomic mass is 9.95. The van der Waals surface area contributed by atoms with Crippen molar-refractivity contribution in [3.8, 4) is 0 Å². The second kappa shape index (κ2) is 5.56. The van der Waals surface area contributed by atoms with E-state index < -0.39 is 41.0 Å². The van der Waals surface area contributed by atoms with Crippen LogP contribution in [0.3, 0.4) is 0 Å². The van der Waals surface area contributed by atoms with Crippen molar-refractivity contribution >= 4 is 17.6 Å². The molecule has 2 N–H and O–H groups in total. The van der Waals surface area contributed by atoms with Gasteiger partial charge in [0.15, 0.2) is 5.82 Å². The van der Waals surface area contributed by atoms with E-state index in [1.165, 1.54) is 13.0 Å². The molecule has 0 heterocycles. The summed E-state index contributed by atoms with van der Waals surface area (Å²) in [4.78, 5) is 23.1.